The lowest BCUT2D eigenvalue weighted by Gasteiger charge is -2.26. The van der Waals surface area contributed by atoms with Crippen LogP contribution in [0.2, 0.25) is 0 Å². The van der Waals surface area contributed by atoms with E-state index < -0.39 is 0 Å². The number of morpholine rings is 1. The highest BCUT2D eigenvalue weighted by molar-refractivity contribution is 5.79. The van der Waals surface area contributed by atoms with E-state index in [1.807, 2.05) is 29.2 Å². The van der Waals surface area contributed by atoms with E-state index in [1.54, 1.807) is 0 Å². The Morgan fingerprint density at radius 3 is 2.58 bits per heavy atom. The topological polar surface area (TPSA) is 71.1 Å². The number of nitrogens with zero attached hydrogens (tertiary/aromatic N) is 2. The third-order valence-electron chi connectivity index (χ3n) is 5.30. The van der Waals surface area contributed by atoms with Crippen molar-refractivity contribution in [2.75, 3.05) is 52.5 Å². The molecule has 0 atom stereocenters. The summed E-state index contributed by atoms with van der Waals surface area (Å²) in [6.07, 6.45) is 3.30. The highest BCUT2D eigenvalue weighted by Gasteiger charge is 2.12. The molecule has 0 bridgehead atoms. The molecule has 1 aliphatic heterocycles. The lowest BCUT2D eigenvalue weighted by Crippen LogP contribution is -2.38. The number of benzene rings is 1. The van der Waals surface area contributed by atoms with Crippen molar-refractivity contribution in [3.63, 3.8) is 0 Å². The van der Waals surface area contributed by atoms with Gasteiger partial charge in [0.25, 0.3) is 0 Å². The largest absolute Gasteiger partial charge is 0.492 e. The van der Waals surface area contributed by atoms with E-state index in [1.165, 1.54) is 0 Å². The van der Waals surface area contributed by atoms with Crippen LogP contribution < -0.4 is 10.1 Å². The molecule has 0 radical (unpaired) electrons. The van der Waals surface area contributed by atoms with Crippen molar-refractivity contribution in [1.82, 2.24) is 15.1 Å². The van der Waals surface area contributed by atoms with Gasteiger partial charge in [-0.1, -0.05) is 26.0 Å². The van der Waals surface area contributed by atoms with Gasteiger partial charge in [0.2, 0.25) is 11.8 Å². The maximum atomic E-state index is 12.3. The van der Waals surface area contributed by atoms with Gasteiger partial charge < -0.3 is 19.7 Å². The summed E-state index contributed by atoms with van der Waals surface area (Å²) in [5, 5.41) is 2.95. The van der Waals surface area contributed by atoms with Crippen molar-refractivity contribution >= 4 is 11.8 Å². The van der Waals surface area contributed by atoms with Crippen LogP contribution >= 0.6 is 0 Å². The summed E-state index contributed by atoms with van der Waals surface area (Å²) >= 11 is 0. The molecule has 7 heteroatoms. The van der Waals surface area contributed by atoms with E-state index in [0.29, 0.717) is 32.4 Å². The summed E-state index contributed by atoms with van der Waals surface area (Å²) in [5.41, 5.74) is 1.00. The summed E-state index contributed by atoms with van der Waals surface area (Å²) < 4.78 is 11.2. The lowest BCUT2D eigenvalue weighted by atomic mass is 10.2. The highest BCUT2D eigenvalue weighted by atomic mass is 16.5. The Morgan fingerprint density at radius 1 is 1.13 bits per heavy atom. The zero-order valence-electron chi connectivity index (χ0n) is 19.2. The van der Waals surface area contributed by atoms with Crippen molar-refractivity contribution in [3.05, 3.63) is 29.8 Å². The molecule has 2 rings (SSSR count). The monoisotopic (exact) mass is 433 g/mol. The molecule has 0 spiro atoms. The van der Waals surface area contributed by atoms with Gasteiger partial charge in [-0.2, -0.15) is 0 Å². The first-order valence-electron chi connectivity index (χ1n) is 11.7. The molecule has 0 saturated carbocycles. The smallest absolute Gasteiger partial charge is 0.222 e. The second-order valence-corrected chi connectivity index (χ2v) is 7.96. The number of hydrogen-bond acceptors (Lipinski definition) is 5. The van der Waals surface area contributed by atoms with Crippen LogP contribution in [0.15, 0.2) is 24.3 Å². The van der Waals surface area contributed by atoms with E-state index in [9.17, 15) is 9.59 Å². The summed E-state index contributed by atoms with van der Waals surface area (Å²) in [4.78, 5) is 28.7. The predicted octanol–water partition coefficient (Wildman–Crippen LogP) is 2.83. The zero-order chi connectivity index (χ0) is 22.3. The standard InChI is InChI=1S/C24H39N3O4/c1-3-11-27(12-4-2)24(29)10-6-9-23(28)25-20-21-7-5-8-22(19-21)31-18-15-26-13-16-30-17-14-26/h5,7-8,19H,3-4,6,9-18,20H2,1-2H3,(H,25,28). The Bertz CT molecular complexity index is 656. The van der Waals surface area contributed by atoms with Crippen LogP contribution in [0.4, 0.5) is 0 Å². The molecule has 1 aromatic rings. The van der Waals surface area contributed by atoms with E-state index in [2.05, 4.69) is 24.1 Å². The molecule has 1 aromatic carbocycles. The van der Waals surface area contributed by atoms with Crippen LogP contribution in [0.1, 0.15) is 51.5 Å². The minimum Gasteiger partial charge on any atom is -0.492 e. The van der Waals surface area contributed by atoms with E-state index in [0.717, 1.165) is 70.1 Å². The SMILES string of the molecule is CCCN(CCC)C(=O)CCCC(=O)NCc1cccc(OCCN2CCOCC2)c1. The number of amides is 2. The molecule has 174 valence electrons. The number of ether oxygens (including phenoxy) is 2. The predicted molar refractivity (Wildman–Crippen MR) is 122 cm³/mol. The fraction of sp³-hybridized carbons (Fsp3) is 0.667. The van der Waals surface area contributed by atoms with E-state index in [-0.39, 0.29) is 11.8 Å². The number of nitrogens with one attached hydrogen (secondary N) is 1. The molecule has 1 fully saturated rings. The Balaban J connectivity index is 1.64. The summed E-state index contributed by atoms with van der Waals surface area (Å²) in [7, 11) is 0. The molecule has 0 aliphatic carbocycles. The van der Waals surface area contributed by atoms with Crippen molar-refractivity contribution in [2.24, 2.45) is 0 Å². The van der Waals surface area contributed by atoms with Crippen LogP contribution in [-0.2, 0) is 20.9 Å². The first-order valence-corrected chi connectivity index (χ1v) is 11.7. The van der Waals surface area contributed by atoms with Gasteiger partial charge >= 0.3 is 0 Å². The molecular formula is C24H39N3O4. The first kappa shape index (κ1) is 25.1. The van der Waals surface area contributed by atoms with Gasteiger partial charge in [0.15, 0.2) is 0 Å². The maximum Gasteiger partial charge on any atom is 0.222 e. The Kier molecular flexibility index (Phi) is 12.0. The van der Waals surface area contributed by atoms with E-state index in [4.69, 9.17) is 9.47 Å². The van der Waals surface area contributed by atoms with Gasteiger partial charge in [-0.15, -0.1) is 0 Å². The van der Waals surface area contributed by atoms with Crippen LogP contribution in [0.3, 0.4) is 0 Å². The van der Waals surface area contributed by atoms with Crippen LogP contribution in [0.25, 0.3) is 0 Å². The van der Waals surface area contributed by atoms with Crippen molar-refractivity contribution in [1.29, 1.82) is 0 Å². The van der Waals surface area contributed by atoms with Gasteiger partial charge in [0.1, 0.15) is 12.4 Å². The number of carbonyl (C=O) groups is 2. The summed E-state index contributed by atoms with van der Waals surface area (Å²) in [6.45, 7) is 11.2. The number of rotatable bonds is 14. The first-order chi connectivity index (χ1) is 15.1. The van der Waals surface area contributed by atoms with Gasteiger partial charge in [-0.05, 0) is 37.0 Å². The molecule has 0 aromatic heterocycles. The lowest BCUT2D eigenvalue weighted by molar-refractivity contribution is -0.131. The number of carbonyl (C=O) groups excluding carboxylic acids is 2. The van der Waals surface area contributed by atoms with Crippen LogP contribution in [0.5, 0.6) is 5.75 Å². The third-order valence-corrected chi connectivity index (χ3v) is 5.30. The molecule has 31 heavy (non-hydrogen) atoms. The second kappa shape index (κ2) is 14.8. The quantitative estimate of drug-likeness (QED) is 0.489. The van der Waals surface area contributed by atoms with Crippen molar-refractivity contribution in [2.45, 2.75) is 52.5 Å². The fourth-order valence-corrected chi connectivity index (χ4v) is 3.61. The minimum atomic E-state index is -0.0241. The third kappa shape index (κ3) is 10.2. The van der Waals surface area contributed by atoms with Gasteiger partial charge in [0, 0.05) is 52.1 Å². The summed E-state index contributed by atoms with van der Waals surface area (Å²) in [6, 6.07) is 7.83. The van der Waals surface area contributed by atoms with Crippen molar-refractivity contribution < 1.29 is 19.1 Å². The Morgan fingerprint density at radius 2 is 1.87 bits per heavy atom. The Labute approximate surface area is 187 Å². The Hall–Kier alpha value is -2.12. The van der Waals surface area contributed by atoms with Crippen LogP contribution in [0, 0.1) is 0 Å². The van der Waals surface area contributed by atoms with Gasteiger partial charge in [0.05, 0.1) is 13.2 Å². The molecule has 2 amide bonds. The van der Waals surface area contributed by atoms with Gasteiger partial charge in [-0.25, -0.2) is 0 Å². The molecule has 1 aliphatic rings. The average molecular weight is 434 g/mol. The number of hydrogen-bond donors (Lipinski definition) is 1. The molecule has 7 nitrogen and oxygen atoms in total. The molecule has 1 heterocycles. The zero-order valence-corrected chi connectivity index (χ0v) is 19.2. The molecular weight excluding hydrogens is 394 g/mol. The maximum absolute atomic E-state index is 12.3. The second-order valence-electron chi connectivity index (χ2n) is 7.96. The van der Waals surface area contributed by atoms with Crippen LogP contribution in [-0.4, -0.2) is 74.2 Å². The van der Waals surface area contributed by atoms with Crippen molar-refractivity contribution in [3.8, 4) is 5.75 Å². The minimum absolute atomic E-state index is 0.0241. The highest BCUT2D eigenvalue weighted by Crippen LogP contribution is 2.13. The normalized spacial score (nSPS) is 14.3. The van der Waals surface area contributed by atoms with Gasteiger partial charge in [-0.3, -0.25) is 14.5 Å². The van der Waals surface area contributed by atoms with E-state index >= 15 is 0 Å². The molecule has 1 N–H and O–H groups in total. The fourth-order valence-electron chi connectivity index (χ4n) is 3.61. The molecule has 1 saturated heterocycles. The summed E-state index contributed by atoms with van der Waals surface area (Å²) in [5.74, 6) is 0.944. The molecule has 0 unspecified atom stereocenters. The average Bonchev–Trinajstić information content (AvgIpc) is 2.78.